The number of aliphatic imine (C=N–C) groups is 1. The average Bonchev–Trinajstić information content (AvgIpc) is 3.25. The van der Waals surface area contributed by atoms with E-state index in [4.69, 9.17) is 4.74 Å². The maximum Gasteiger partial charge on any atom is 0.194 e. The number of aryl methyl sites for hydroxylation is 1. The van der Waals surface area contributed by atoms with E-state index in [1.807, 2.05) is 43.8 Å². The van der Waals surface area contributed by atoms with Gasteiger partial charge in [0.25, 0.3) is 0 Å². The predicted molar refractivity (Wildman–Crippen MR) is 102 cm³/mol. The Labute approximate surface area is 155 Å². The molecular formula is C19H28N6O. The van der Waals surface area contributed by atoms with Crippen molar-refractivity contribution in [2.24, 2.45) is 18.0 Å². The Morgan fingerprint density at radius 3 is 2.81 bits per heavy atom. The lowest BCUT2D eigenvalue weighted by Gasteiger charge is -2.21. The minimum Gasteiger partial charge on any atom is -0.376 e. The molecule has 1 fully saturated rings. The summed E-state index contributed by atoms with van der Waals surface area (Å²) in [5.41, 5.74) is 1.22. The van der Waals surface area contributed by atoms with Gasteiger partial charge in [0.2, 0.25) is 0 Å². The molecule has 1 aliphatic heterocycles. The van der Waals surface area contributed by atoms with Crippen LogP contribution in [-0.4, -0.2) is 52.4 Å². The van der Waals surface area contributed by atoms with E-state index in [1.165, 1.54) is 5.56 Å². The first kappa shape index (κ1) is 18.4. The zero-order chi connectivity index (χ0) is 18.4. The highest BCUT2D eigenvalue weighted by atomic mass is 16.5. The van der Waals surface area contributed by atoms with Gasteiger partial charge in [-0.25, -0.2) is 0 Å². The van der Waals surface area contributed by atoms with Gasteiger partial charge in [-0.3, -0.25) is 4.99 Å². The van der Waals surface area contributed by atoms with Gasteiger partial charge >= 0.3 is 0 Å². The number of benzene rings is 1. The molecule has 1 saturated heterocycles. The van der Waals surface area contributed by atoms with Gasteiger partial charge in [-0.1, -0.05) is 30.3 Å². The molecule has 7 nitrogen and oxygen atoms in total. The van der Waals surface area contributed by atoms with Crippen LogP contribution in [-0.2, 0) is 24.9 Å². The standard InChI is InChI=1S/C19H28N6O/c1-15-22-23-18(24(15)3)11-21-19(20-2)25-10-9-17(12-25)14-26-13-16-7-5-4-6-8-16/h4-8,17H,9-14H2,1-3H3,(H,20,21). The Balaban J connectivity index is 1.43. The Morgan fingerprint density at radius 1 is 1.31 bits per heavy atom. The summed E-state index contributed by atoms with van der Waals surface area (Å²) in [4.78, 5) is 6.71. The van der Waals surface area contributed by atoms with Crippen LogP contribution in [0.3, 0.4) is 0 Å². The second-order valence-electron chi connectivity index (χ2n) is 6.72. The largest absolute Gasteiger partial charge is 0.376 e. The van der Waals surface area contributed by atoms with Crippen molar-refractivity contribution < 1.29 is 4.74 Å². The third kappa shape index (κ3) is 4.60. The lowest BCUT2D eigenvalue weighted by atomic mass is 10.1. The molecule has 1 aromatic heterocycles. The van der Waals surface area contributed by atoms with Gasteiger partial charge in [-0.2, -0.15) is 0 Å². The van der Waals surface area contributed by atoms with Gasteiger partial charge in [-0.15, -0.1) is 10.2 Å². The second-order valence-corrected chi connectivity index (χ2v) is 6.72. The summed E-state index contributed by atoms with van der Waals surface area (Å²) in [6.45, 7) is 5.99. The number of likely N-dealkylation sites (tertiary alicyclic amines) is 1. The first-order valence-corrected chi connectivity index (χ1v) is 9.09. The third-order valence-corrected chi connectivity index (χ3v) is 4.85. The lowest BCUT2D eigenvalue weighted by Crippen LogP contribution is -2.40. The average molecular weight is 356 g/mol. The van der Waals surface area contributed by atoms with Gasteiger partial charge in [0.05, 0.1) is 19.8 Å². The molecule has 2 heterocycles. The predicted octanol–water partition coefficient (Wildman–Crippen LogP) is 1.74. The molecule has 1 N–H and O–H groups in total. The molecule has 1 aliphatic rings. The first-order valence-electron chi connectivity index (χ1n) is 9.09. The van der Waals surface area contributed by atoms with Crippen molar-refractivity contribution in [1.82, 2.24) is 25.0 Å². The molecule has 0 bridgehead atoms. The van der Waals surface area contributed by atoms with Crippen LogP contribution < -0.4 is 5.32 Å². The maximum absolute atomic E-state index is 5.90. The minimum absolute atomic E-state index is 0.536. The monoisotopic (exact) mass is 356 g/mol. The molecular weight excluding hydrogens is 328 g/mol. The fourth-order valence-corrected chi connectivity index (χ4v) is 3.17. The molecule has 1 atom stereocenters. The van der Waals surface area contributed by atoms with E-state index in [0.29, 0.717) is 19.1 Å². The van der Waals surface area contributed by atoms with Crippen LogP contribution in [0.2, 0.25) is 0 Å². The number of aromatic nitrogens is 3. The van der Waals surface area contributed by atoms with E-state index in [9.17, 15) is 0 Å². The van der Waals surface area contributed by atoms with Gasteiger partial charge in [0, 0.05) is 33.1 Å². The highest BCUT2D eigenvalue weighted by Crippen LogP contribution is 2.17. The Bertz CT molecular complexity index is 727. The summed E-state index contributed by atoms with van der Waals surface area (Å²) < 4.78 is 7.90. The summed E-state index contributed by atoms with van der Waals surface area (Å²) in [5, 5.41) is 11.7. The van der Waals surface area contributed by atoms with Crippen LogP contribution in [0.4, 0.5) is 0 Å². The topological polar surface area (TPSA) is 67.6 Å². The Kier molecular flexibility index (Phi) is 6.22. The number of ether oxygens (including phenoxy) is 1. The molecule has 3 rings (SSSR count). The van der Waals surface area contributed by atoms with Gasteiger partial charge in [0.1, 0.15) is 5.82 Å². The molecule has 0 amide bonds. The zero-order valence-electron chi connectivity index (χ0n) is 15.9. The molecule has 1 unspecified atom stereocenters. The number of hydrogen-bond acceptors (Lipinski definition) is 4. The molecule has 0 radical (unpaired) electrons. The molecule has 0 spiro atoms. The first-order chi connectivity index (χ1) is 12.7. The van der Waals surface area contributed by atoms with E-state index in [0.717, 1.165) is 43.7 Å². The van der Waals surface area contributed by atoms with Crippen LogP contribution in [0.5, 0.6) is 0 Å². The summed E-state index contributed by atoms with van der Waals surface area (Å²) in [6, 6.07) is 10.3. The van der Waals surface area contributed by atoms with Crippen LogP contribution in [0.1, 0.15) is 23.6 Å². The van der Waals surface area contributed by atoms with E-state index < -0.39 is 0 Å². The molecule has 7 heteroatoms. The quantitative estimate of drug-likeness (QED) is 0.631. The van der Waals surface area contributed by atoms with Gasteiger partial charge in [0.15, 0.2) is 11.8 Å². The minimum atomic E-state index is 0.536. The normalized spacial score (nSPS) is 17.7. The van der Waals surface area contributed by atoms with Crippen LogP contribution in [0, 0.1) is 12.8 Å². The van der Waals surface area contributed by atoms with Crippen molar-refractivity contribution in [1.29, 1.82) is 0 Å². The van der Waals surface area contributed by atoms with Crippen molar-refractivity contribution in [3.05, 3.63) is 47.5 Å². The van der Waals surface area contributed by atoms with E-state index in [2.05, 4.69) is 37.5 Å². The number of rotatable bonds is 6. The number of nitrogens with zero attached hydrogens (tertiary/aromatic N) is 5. The molecule has 0 aliphatic carbocycles. The zero-order valence-corrected chi connectivity index (χ0v) is 15.9. The highest BCUT2D eigenvalue weighted by molar-refractivity contribution is 5.80. The summed E-state index contributed by atoms with van der Waals surface area (Å²) in [5.74, 6) is 3.27. The second kappa shape index (κ2) is 8.80. The summed E-state index contributed by atoms with van der Waals surface area (Å²) in [7, 11) is 3.80. The number of hydrogen-bond donors (Lipinski definition) is 1. The Morgan fingerprint density at radius 2 is 2.12 bits per heavy atom. The number of guanidine groups is 1. The Hall–Kier alpha value is -2.41. The molecule has 26 heavy (non-hydrogen) atoms. The van der Waals surface area contributed by atoms with Crippen LogP contribution >= 0.6 is 0 Å². The van der Waals surface area contributed by atoms with Gasteiger partial charge in [-0.05, 0) is 18.9 Å². The molecule has 1 aromatic carbocycles. The molecule has 2 aromatic rings. The SMILES string of the molecule is CN=C(NCc1nnc(C)n1C)N1CCC(COCc2ccccc2)C1. The third-order valence-electron chi connectivity index (χ3n) is 4.85. The van der Waals surface area contributed by atoms with Crippen molar-refractivity contribution in [3.63, 3.8) is 0 Å². The van der Waals surface area contributed by atoms with Crippen molar-refractivity contribution in [3.8, 4) is 0 Å². The maximum atomic E-state index is 5.90. The summed E-state index contributed by atoms with van der Waals surface area (Å²) in [6.07, 6.45) is 1.12. The molecule has 140 valence electrons. The fraction of sp³-hybridized carbons (Fsp3) is 0.526. The molecule has 0 saturated carbocycles. The highest BCUT2D eigenvalue weighted by Gasteiger charge is 2.25. The van der Waals surface area contributed by atoms with Gasteiger partial charge < -0.3 is 19.5 Å². The summed E-state index contributed by atoms with van der Waals surface area (Å²) >= 11 is 0. The lowest BCUT2D eigenvalue weighted by molar-refractivity contribution is 0.0906. The van der Waals surface area contributed by atoms with E-state index >= 15 is 0 Å². The smallest absolute Gasteiger partial charge is 0.194 e. The van der Waals surface area contributed by atoms with E-state index in [-0.39, 0.29) is 0 Å². The van der Waals surface area contributed by atoms with Crippen molar-refractivity contribution >= 4 is 5.96 Å². The van der Waals surface area contributed by atoms with Crippen molar-refractivity contribution in [2.45, 2.75) is 26.5 Å². The van der Waals surface area contributed by atoms with Crippen molar-refractivity contribution in [2.75, 3.05) is 26.7 Å². The van der Waals surface area contributed by atoms with Crippen LogP contribution in [0.15, 0.2) is 35.3 Å². The van der Waals surface area contributed by atoms with E-state index in [1.54, 1.807) is 0 Å². The van der Waals surface area contributed by atoms with Crippen LogP contribution in [0.25, 0.3) is 0 Å². The fourth-order valence-electron chi connectivity index (χ4n) is 3.17. The number of nitrogens with one attached hydrogen (secondary N) is 1.